The summed E-state index contributed by atoms with van der Waals surface area (Å²) in [6.07, 6.45) is 0. The molecule has 1 aromatic heterocycles. The zero-order chi connectivity index (χ0) is 20.9. The summed E-state index contributed by atoms with van der Waals surface area (Å²) in [4.78, 5) is 25.3. The van der Waals surface area contributed by atoms with E-state index >= 15 is 0 Å². The highest BCUT2D eigenvalue weighted by atomic mass is 79.9. The van der Waals surface area contributed by atoms with Crippen LogP contribution < -0.4 is 16.3 Å². The molecule has 0 aliphatic heterocycles. The van der Waals surface area contributed by atoms with Crippen molar-refractivity contribution in [3.8, 4) is 0 Å². The first-order valence-corrected chi connectivity index (χ1v) is 9.88. The first-order valence-electron chi connectivity index (χ1n) is 9.09. The van der Waals surface area contributed by atoms with Gasteiger partial charge in [-0.1, -0.05) is 52.3 Å². The largest absolute Gasteiger partial charge is 0.436 e. The van der Waals surface area contributed by atoms with Crippen molar-refractivity contribution in [1.29, 1.82) is 0 Å². The molecule has 0 saturated heterocycles. The number of halogens is 1. The van der Waals surface area contributed by atoms with Gasteiger partial charge in [-0.15, -0.1) is 5.10 Å². The quantitative estimate of drug-likeness (QED) is 0.432. The Morgan fingerprint density at radius 2 is 1.53 bits per heavy atom. The van der Waals surface area contributed by atoms with Crippen LogP contribution in [0, 0.1) is 0 Å². The molecule has 0 radical (unpaired) electrons. The Bertz CT molecular complexity index is 1290. The van der Waals surface area contributed by atoms with Crippen LogP contribution in [0.15, 0.2) is 98.9 Å². The van der Waals surface area contributed by atoms with Gasteiger partial charge in [0.2, 0.25) is 5.55 Å². The van der Waals surface area contributed by atoms with Crippen molar-refractivity contribution < 1.29 is 14.0 Å². The number of amides is 2. The van der Waals surface area contributed by atoms with Crippen molar-refractivity contribution in [1.82, 2.24) is 5.43 Å². The SMILES string of the molecule is O=C(N/N=c1/oc2ccc(Br)cc2cc1C(=O)Nc1ccccc1)c1ccccc1. The standard InChI is InChI=1S/C23H16BrN3O3/c24-17-11-12-20-16(13-17)14-19(22(29)25-18-9-5-2-6-10-18)23(30-20)27-26-21(28)15-7-3-1-4-8-15/h1-14H,(H,25,29)(H,26,28)/b27-23+. The molecule has 0 spiro atoms. The number of anilines is 1. The molecule has 0 fully saturated rings. The van der Waals surface area contributed by atoms with Gasteiger partial charge >= 0.3 is 0 Å². The Morgan fingerprint density at radius 3 is 2.27 bits per heavy atom. The summed E-state index contributed by atoms with van der Waals surface area (Å²) in [5.41, 5.74) is 4.26. The van der Waals surface area contributed by atoms with Crippen molar-refractivity contribution in [3.05, 3.63) is 106 Å². The van der Waals surface area contributed by atoms with E-state index in [1.807, 2.05) is 36.4 Å². The lowest BCUT2D eigenvalue weighted by molar-refractivity contribution is 0.0948. The normalized spacial score (nSPS) is 11.3. The smallest absolute Gasteiger partial charge is 0.271 e. The number of nitrogens with one attached hydrogen (secondary N) is 2. The molecule has 0 saturated carbocycles. The third kappa shape index (κ3) is 4.47. The van der Waals surface area contributed by atoms with Gasteiger partial charge in [-0.05, 0) is 48.5 Å². The lowest BCUT2D eigenvalue weighted by Gasteiger charge is -2.07. The number of hydrogen-bond acceptors (Lipinski definition) is 4. The first kappa shape index (κ1) is 19.6. The molecular weight excluding hydrogens is 446 g/mol. The number of rotatable bonds is 4. The predicted octanol–water partition coefficient (Wildman–Crippen LogP) is 4.69. The summed E-state index contributed by atoms with van der Waals surface area (Å²) in [6.45, 7) is 0. The molecule has 3 aromatic carbocycles. The van der Waals surface area contributed by atoms with Crippen molar-refractivity contribution in [3.63, 3.8) is 0 Å². The lowest BCUT2D eigenvalue weighted by Crippen LogP contribution is -2.26. The molecule has 7 heteroatoms. The molecule has 0 bridgehead atoms. The average Bonchev–Trinajstić information content (AvgIpc) is 2.78. The highest BCUT2D eigenvalue weighted by Crippen LogP contribution is 2.20. The van der Waals surface area contributed by atoms with Crippen LogP contribution in [0.1, 0.15) is 20.7 Å². The molecule has 0 aliphatic rings. The topological polar surface area (TPSA) is 83.7 Å². The van der Waals surface area contributed by atoms with E-state index in [2.05, 4.69) is 31.8 Å². The summed E-state index contributed by atoms with van der Waals surface area (Å²) in [5, 5.41) is 7.61. The van der Waals surface area contributed by atoms with Gasteiger partial charge in [-0.25, -0.2) is 5.43 Å². The zero-order valence-electron chi connectivity index (χ0n) is 15.6. The van der Waals surface area contributed by atoms with Gasteiger partial charge in [-0.3, -0.25) is 9.59 Å². The van der Waals surface area contributed by atoms with E-state index in [0.29, 0.717) is 16.8 Å². The number of carbonyl (C=O) groups is 2. The second-order valence-corrected chi connectivity index (χ2v) is 7.30. The summed E-state index contributed by atoms with van der Waals surface area (Å²) in [5.74, 6) is -0.810. The summed E-state index contributed by atoms with van der Waals surface area (Å²) >= 11 is 3.42. The molecule has 2 amide bonds. The first-order chi connectivity index (χ1) is 14.6. The molecule has 4 aromatic rings. The number of hydrogen-bond donors (Lipinski definition) is 2. The van der Waals surface area contributed by atoms with Gasteiger partial charge in [0.05, 0.1) is 0 Å². The molecule has 0 aliphatic carbocycles. The predicted molar refractivity (Wildman–Crippen MR) is 118 cm³/mol. The highest BCUT2D eigenvalue weighted by Gasteiger charge is 2.14. The zero-order valence-corrected chi connectivity index (χ0v) is 17.2. The Morgan fingerprint density at radius 1 is 0.833 bits per heavy atom. The second-order valence-electron chi connectivity index (χ2n) is 6.39. The third-order valence-electron chi connectivity index (χ3n) is 4.28. The van der Waals surface area contributed by atoms with Crippen molar-refractivity contribution in [2.75, 3.05) is 5.32 Å². The van der Waals surface area contributed by atoms with Crippen molar-refractivity contribution in [2.24, 2.45) is 5.10 Å². The van der Waals surface area contributed by atoms with E-state index in [0.717, 1.165) is 9.86 Å². The Labute approximate surface area is 180 Å². The van der Waals surface area contributed by atoms with Crippen molar-refractivity contribution >= 4 is 44.4 Å². The molecule has 6 nitrogen and oxygen atoms in total. The molecule has 148 valence electrons. The number of carbonyl (C=O) groups excluding carboxylic acids is 2. The Balaban J connectivity index is 1.74. The maximum atomic E-state index is 12.9. The fraction of sp³-hybridized carbons (Fsp3) is 0. The summed E-state index contributed by atoms with van der Waals surface area (Å²) in [7, 11) is 0. The summed E-state index contributed by atoms with van der Waals surface area (Å²) in [6, 6.07) is 24.8. The number of para-hydroxylation sites is 1. The van der Waals surface area contributed by atoms with Crippen LogP contribution in [0.3, 0.4) is 0 Å². The van der Waals surface area contributed by atoms with E-state index in [1.54, 1.807) is 48.5 Å². The van der Waals surface area contributed by atoms with Crippen molar-refractivity contribution in [2.45, 2.75) is 0 Å². The van der Waals surface area contributed by atoms with Crippen LogP contribution in [0.5, 0.6) is 0 Å². The van der Waals surface area contributed by atoms with Crippen LogP contribution in [-0.2, 0) is 0 Å². The van der Waals surface area contributed by atoms with Crippen LogP contribution in [0.2, 0.25) is 0 Å². The fourth-order valence-electron chi connectivity index (χ4n) is 2.82. The minimum Gasteiger partial charge on any atom is -0.436 e. The molecule has 0 unspecified atom stereocenters. The minimum absolute atomic E-state index is 0.00235. The highest BCUT2D eigenvalue weighted by molar-refractivity contribution is 9.10. The lowest BCUT2D eigenvalue weighted by atomic mass is 10.1. The Hall–Kier alpha value is -3.71. The number of nitrogens with zero attached hydrogens (tertiary/aromatic N) is 1. The van der Waals surface area contributed by atoms with Gasteiger partial charge in [-0.2, -0.15) is 0 Å². The molecule has 4 rings (SSSR count). The van der Waals surface area contributed by atoms with E-state index in [9.17, 15) is 9.59 Å². The minimum atomic E-state index is -0.406. The number of fused-ring (bicyclic) bond motifs is 1. The van der Waals surface area contributed by atoms with Gasteiger partial charge in [0.1, 0.15) is 11.1 Å². The Kier molecular flexibility index (Phi) is 5.72. The average molecular weight is 462 g/mol. The third-order valence-corrected chi connectivity index (χ3v) is 4.77. The van der Waals surface area contributed by atoms with Crippen LogP contribution in [-0.4, -0.2) is 11.8 Å². The fourth-order valence-corrected chi connectivity index (χ4v) is 3.20. The second kappa shape index (κ2) is 8.75. The van der Waals surface area contributed by atoms with Gasteiger partial charge in [0.25, 0.3) is 11.8 Å². The molecule has 1 heterocycles. The van der Waals surface area contributed by atoms with E-state index in [-0.39, 0.29) is 11.1 Å². The van der Waals surface area contributed by atoms with E-state index in [4.69, 9.17) is 4.42 Å². The maximum Gasteiger partial charge on any atom is 0.271 e. The van der Waals surface area contributed by atoms with E-state index in [1.165, 1.54) is 0 Å². The van der Waals surface area contributed by atoms with Gasteiger partial charge < -0.3 is 9.73 Å². The van der Waals surface area contributed by atoms with Gasteiger partial charge in [0.15, 0.2) is 0 Å². The maximum absolute atomic E-state index is 12.9. The molecular formula is C23H16BrN3O3. The van der Waals surface area contributed by atoms with E-state index < -0.39 is 11.8 Å². The molecule has 30 heavy (non-hydrogen) atoms. The summed E-state index contributed by atoms with van der Waals surface area (Å²) < 4.78 is 6.68. The molecule has 2 N–H and O–H groups in total. The van der Waals surface area contributed by atoms with Gasteiger partial charge in [0, 0.05) is 21.1 Å². The van der Waals surface area contributed by atoms with Crippen LogP contribution >= 0.6 is 15.9 Å². The molecule has 0 atom stereocenters. The van der Waals surface area contributed by atoms with Crippen LogP contribution in [0.25, 0.3) is 11.0 Å². The number of benzene rings is 3. The van der Waals surface area contributed by atoms with Crippen LogP contribution in [0.4, 0.5) is 5.69 Å². The monoisotopic (exact) mass is 461 g/mol.